The Kier molecular flexibility index (Phi) is 6.23. The topological polar surface area (TPSA) is 101 Å². The molecule has 0 saturated carbocycles. The van der Waals surface area contributed by atoms with Crippen LogP contribution in [-0.2, 0) is 16.0 Å². The van der Waals surface area contributed by atoms with E-state index in [1.54, 1.807) is 43.5 Å². The summed E-state index contributed by atoms with van der Waals surface area (Å²) in [7, 11) is 4.24. The summed E-state index contributed by atoms with van der Waals surface area (Å²) in [5.41, 5.74) is 1.24. The first-order valence-electron chi connectivity index (χ1n) is 8.77. The van der Waals surface area contributed by atoms with Gasteiger partial charge in [0.1, 0.15) is 29.4 Å². The van der Waals surface area contributed by atoms with Gasteiger partial charge in [0.05, 0.1) is 27.0 Å². The molecular weight excluding hydrogens is 376 g/mol. The van der Waals surface area contributed by atoms with Crippen LogP contribution in [0.1, 0.15) is 16.2 Å². The number of ether oxygens (including phenoxy) is 3. The van der Waals surface area contributed by atoms with Crippen LogP contribution < -0.4 is 9.47 Å². The van der Waals surface area contributed by atoms with Crippen molar-refractivity contribution >= 4 is 11.8 Å². The minimum Gasteiger partial charge on any atom is -0.497 e. The Balaban J connectivity index is 1.85. The van der Waals surface area contributed by atoms with Crippen molar-refractivity contribution in [3.8, 4) is 23.0 Å². The number of pyridine rings is 1. The van der Waals surface area contributed by atoms with Gasteiger partial charge in [0.25, 0.3) is 0 Å². The molecule has 8 nitrogen and oxygen atoms in total. The normalized spacial score (nSPS) is 11.6. The number of nitrogens with zero attached hydrogens (tertiary/aromatic N) is 2. The number of benzene rings is 1. The predicted octanol–water partition coefficient (Wildman–Crippen LogP) is 2.97. The van der Waals surface area contributed by atoms with Crippen molar-refractivity contribution in [3.63, 3.8) is 0 Å². The van der Waals surface area contributed by atoms with Crippen molar-refractivity contribution < 1.29 is 28.2 Å². The van der Waals surface area contributed by atoms with E-state index in [0.29, 0.717) is 17.3 Å². The molecule has 0 radical (unpaired) electrons. The number of hydrogen-bond donors (Lipinski definition) is 0. The van der Waals surface area contributed by atoms with E-state index < -0.39 is 17.7 Å². The Bertz CT molecular complexity index is 996. The van der Waals surface area contributed by atoms with Gasteiger partial charge in [-0.2, -0.15) is 0 Å². The van der Waals surface area contributed by atoms with Gasteiger partial charge in [-0.25, -0.2) is 9.97 Å². The van der Waals surface area contributed by atoms with E-state index in [1.807, 2.05) is 0 Å². The van der Waals surface area contributed by atoms with E-state index in [1.165, 1.54) is 26.7 Å². The molecule has 0 spiro atoms. The first-order chi connectivity index (χ1) is 14.1. The number of ketones is 1. The molecule has 3 aromatic rings. The molecule has 2 aromatic heterocycles. The molecule has 0 aliphatic carbocycles. The molecule has 1 atom stereocenters. The van der Waals surface area contributed by atoms with Gasteiger partial charge in [-0.1, -0.05) is 0 Å². The van der Waals surface area contributed by atoms with Crippen LogP contribution >= 0.6 is 0 Å². The van der Waals surface area contributed by atoms with Gasteiger partial charge in [0.2, 0.25) is 5.89 Å². The highest BCUT2D eigenvalue weighted by Crippen LogP contribution is 2.25. The van der Waals surface area contributed by atoms with Crippen LogP contribution in [0.25, 0.3) is 11.5 Å². The van der Waals surface area contributed by atoms with Crippen molar-refractivity contribution in [3.05, 3.63) is 60.2 Å². The Morgan fingerprint density at radius 2 is 1.83 bits per heavy atom. The highest BCUT2D eigenvalue weighted by Gasteiger charge is 2.32. The fourth-order valence-corrected chi connectivity index (χ4v) is 2.81. The highest BCUT2D eigenvalue weighted by molar-refractivity contribution is 6.09. The lowest BCUT2D eigenvalue weighted by atomic mass is 9.95. The van der Waals surface area contributed by atoms with Crippen LogP contribution in [0.3, 0.4) is 0 Å². The van der Waals surface area contributed by atoms with Crippen LogP contribution in [0.5, 0.6) is 11.5 Å². The molecule has 2 heterocycles. The number of oxazole rings is 1. The van der Waals surface area contributed by atoms with Crippen molar-refractivity contribution in [2.45, 2.75) is 6.42 Å². The van der Waals surface area contributed by atoms with Gasteiger partial charge in [-0.15, -0.1) is 0 Å². The molecule has 1 aromatic carbocycles. The Morgan fingerprint density at radius 3 is 2.48 bits per heavy atom. The second kappa shape index (κ2) is 9.01. The summed E-state index contributed by atoms with van der Waals surface area (Å²) in [6, 6.07) is 10.4. The second-order valence-electron chi connectivity index (χ2n) is 6.07. The number of carbonyl (C=O) groups is 2. The van der Waals surface area contributed by atoms with E-state index >= 15 is 0 Å². The summed E-state index contributed by atoms with van der Waals surface area (Å²) >= 11 is 0. The summed E-state index contributed by atoms with van der Waals surface area (Å²) in [4.78, 5) is 33.7. The second-order valence-corrected chi connectivity index (χ2v) is 6.07. The van der Waals surface area contributed by atoms with E-state index in [9.17, 15) is 9.59 Å². The number of carbonyl (C=O) groups excluding carboxylic acids is 2. The average molecular weight is 396 g/mol. The molecule has 0 fully saturated rings. The van der Waals surface area contributed by atoms with E-state index in [-0.39, 0.29) is 17.9 Å². The summed E-state index contributed by atoms with van der Waals surface area (Å²) in [6.45, 7) is 0. The molecule has 0 aliphatic rings. The summed E-state index contributed by atoms with van der Waals surface area (Å²) < 4.78 is 20.6. The van der Waals surface area contributed by atoms with Gasteiger partial charge in [-0.05, 0) is 36.4 Å². The minimum atomic E-state index is -1.13. The Morgan fingerprint density at radius 1 is 1.07 bits per heavy atom. The number of methoxy groups -OCH3 is 3. The fourth-order valence-electron chi connectivity index (χ4n) is 2.81. The van der Waals surface area contributed by atoms with Crippen LogP contribution in [0.15, 0.2) is 53.3 Å². The average Bonchev–Trinajstić information content (AvgIpc) is 3.25. The van der Waals surface area contributed by atoms with Gasteiger partial charge in [0, 0.05) is 18.2 Å². The third-order valence-electron chi connectivity index (χ3n) is 4.33. The lowest BCUT2D eigenvalue weighted by molar-refractivity contribution is -0.143. The Hall–Kier alpha value is -3.68. The highest BCUT2D eigenvalue weighted by atomic mass is 16.5. The van der Waals surface area contributed by atoms with Crippen molar-refractivity contribution in [2.24, 2.45) is 5.92 Å². The fraction of sp³-hybridized carbons (Fsp3) is 0.238. The number of aromatic nitrogens is 2. The van der Waals surface area contributed by atoms with E-state index in [2.05, 4.69) is 9.97 Å². The largest absolute Gasteiger partial charge is 0.497 e. The van der Waals surface area contributed by atoms with Crippen LogP contribution in [0.2, 0.25) is 0 Å². The molecule has 0 aliphatic heterocycles. The van der Waals surface area contributed by atoms with E-state index in [4.69, 9.17) is 18.6 Å². The number of hydrogen-bond acceptors (Lipinski definition) is 8. The smallest absolute Gasteiger partial charge is 0.317 e. The zero-order chi connectivity index (χ0) is 20.8. The molecule has 1 unspecified atom stereocenters. The Labute approximate surface area is 167 Å². The SMILES string of the molecule is COC(=O)C(Cc1coc(-c2ccc(OC)cc2)n1)C(=O)c1ncccc1OC. The van der Waals surface area contributed by atoms with Gasteiger partial charge >= 0.3 is 5.97 Å². The molecular formula is C21H20N2O6. The molecule has 150 valence electrons. The van der Waals surface area contributed by atoms with Crippen LogP contribution in [0, 0.1) is 5.92 Å². The summed E-state index contributed by atoms with van der Waals surface area (Å²) in [5, 5.41) is 0. The molecule has 3 rings (SSSR count). The van der Waals surface area contributed by atoms with Gasteiger partial charge in [0.15, 0.2) is 5.78 Å². The molecule has 0 N–H and O–H groups in total. The monoisotopic (exact) mass is 396 g/mol. The molecule has 0 saturated heterocycles. The lowest BCUT2D eigenvalue weighted by Crippen LogP contribution is -2.28. The molecule has 0 bridgehead atoms. The zero-order valence-electron chi connectivity index (χ0n) is 16.2. The maximum atomic E-state index is 13.0. The maximum Gasteiger partial charge on any atom is 0.317 e. The van der Waals surface area contributed by atoms with E-state index in [0.717, 1.165) is 5.56 Å². The van der Waals surface area contributed by atoms with Gasteiger partial charge < -0.3 is 18.6 Å². The minimum absolute atomic E-state index is 0.00485. The molecule has 0 amide bonds. The molecule has 29 heavy (non-hydrogen) atoms. The maximum absolute atomic E-state index is 13.0. The first kappa shape index (κ1) is 20.1. The van der Waals surface area contributed by atoms with Crippen molar-refractivity contribution in [1.82, 2.24) is 9.97 Å². The van der Waals surface area contributed by atoms with Crippen molar-refractivity contribution in [1.29, 1.82) is 0 Å². The standard InChI is InChI=1S/C21H20N2O6/c1-26-15-8-6-13(7-9-15)20-23-14(12-29-20)11-16(21(25)28-3)19(24)18-17(27-2)5-4-10-22-18/h4-10,12,16H,11H2,1-3H3. The zero-order valence-corrected chi connectivity index (χ0v) is 16.2. The molecule has 8 heteroatoms. The number of rotatable bonds is 8. The van der Waals surface area contributed by atoms with Gasteiger partial charge in [-0.3, -0.25) is 9.59 Å². The van der Waals surface area contributed by atoms with Crippen molar-refractivity contribution in [2.75, 3.05) is 21.3 Å². The number of esters is 1. The third kappa shape index (κ3) is 4.43. The summed E-state index contributed by atoms with van der Waals surface area (Å²) in [6.07, 6.45) is 2.88. The summed E-state index contributed by atoms with van der Waals surface area (Å²) in [5.74, 6) is -0.960. The quantitative estimate of drug-likeness (QED) is 0.325. The lowest BCUT2D eigenvalue weighted by Gasteiger charge is -2.13. The van der Waals surface area contributed by atoms with Crippen LogP contribution in [0.4, 0.5) is 0 Å². The predicted molar refractivity (Wildman–Crippen MR) is 103 cm³/mol. The van der Waals surface area contributed by atoms with Crippen LogP contribution in [-0.4, -0.2) is 43.0 Å². The number of Topliss-reactive ketones (excluding diaryl/α,β-unsaturated/α-hetero) is 1. The third-order valence-corrected chi connectivity index (χ3v) is 4.33. The first-order valence-corrected chi connectivity index (χ1v) is 8.77.